The number of aromatic amines is 1. The molecule has 0 aliphatic heterocycles. The SMILES string of the molecule is CCOc1cccc(/C=N/Nc2nnc(C(C)(C)C)c(=O)[nH]2)c1OC. The average Bonchev–Trinajstić information content (AvgIpc) is 2.54. The lowest BCUT2D eigenvalue weighted by Crippen LogP contribution is -2.28. The van der Waals surface area contributed by atoms with Gasteiger partial charge in [-0.25, -0.2) is 5.43 Å². The predicted octanol–water partition coefficient (Wildman–Crippen LogP) is 2.32. The summed E-state index contributed by atoms with van der Waals surface area (Å²) >= 11 is 0. The predicted molar refractivity (Wildman–Crippen MR) is 96.7 cm³/mol. The molecular formula is C17H23N5O3. The van der Waals surface area contributed by atoms with E-state index in [1.165, 1.54) is 0 Å². The summed E-state index contributed by atoms with van der Waals surface area (Å²) in [7, 11) is 1.57. The van der Waals surface area contributed by atoms with Crippen molar-refractivity contribution >= 4 is 12.2 Å². The molecule has 0 atom stereocenters. The molecule has 25 heavy (non-hydrogen) atoms. The van der Waals surface area contributed by atoms with Crippen LogP contribution in [0.2, 0.25) is 0 Å². The fourth-order valence-electron chi connectivity index (χ4n) is 2.16. The van der Waals surface area contributed by atoms with Crippen LogP contribution in [-0.4, -0.2) is 35.1 Å². The summed E-state index contributed by atoms with van der Waals surface area (Å²) in [6.07, 6.45) is 1.55. The number of hydrogen-bond acceptors (Lipinski definition) is 7. The third-order valence-corrected chi connectivity index (χ3v) is 3.29. The molecule has 0 aliphatic carbocycles. The van der Waals surface area contributed by atoms with Crippen LogP contribution in [-0.2, 0) is 5.41 Å². The van der Waals surface area contributed by atoms with E-state index in [1.54, 1.807) is 13.3 Å². The Kier molecular flexibility index (Phi) is 5.74. The maximum absolute atomic E-state index is 12.1. The maximum atomic E-state index is 12.1. The van der Waals surface area contributed by atoms with E-state index in [0.29, 0.717) is 23.8 Å². The Hall–Kier alpha value is -2.90. The number of benzene rings is 1. The molecule has 134 valence electrons. The van der Waals surface area contributed by atoms with Crippen molar-refractivity contribution in [3.63, 3.8) is 0 Å². The van der Waals surface area contributed by atoms with Gasteiger partial charge in [0.05, 0.1) is 19.9 Å². The number of rotatable bonds is 6. The summed E-state index contributed by atoms with van der Waals surface area (Å²) in [5.41, 5.74) is 3.08. The van der Waals surface area contributed by atoms with Crippen LogP contribution in [0.4, 0.5) is 5.95 Å². The molecule has 2 N–H and O–H groups in total. The van der Waals surface area contributed by atoms with Gasteiger partial charge in [0.25, 0.3) is 5.56 Å². The zero-order chi connectivity index (χ0) is 18.4. The zero-order valence-electron chi connectivity index (χ0n) is 15.1. The van der Waals surface area contributed by atoms with Gasteiger partial charge in [-0.3, -0.25) is 9.78 Å². The molecule has 0 aliphatic rings. The Morgan fingerprint density at radius 1 is 1.32 bits per heavy atom. The number of aromatic nitrogens is 3. The van der Waals surface area contributed by atoms with Crippen LogP contribution in [0.25, 0.3) is 0 Å². The lowest BCUT2D eigenvalue weighted by Gasteiger charge is -2.15. The second kappa shape index (κ2) is 7.78. The summed E-state index contributed by atoms with van der Waals surface area (Å²) < 4.78 is 10.9. The number of anilines is 1. The fourth-order valence-corrected chi connectivity index (χ4v) is 2.16. The van der Waals surface area contributed by atoms with Crippen molar-refractivity contribution in [1.82, 2.24) is 15.2 Å². The van der Waals surface area contributed by atoms with E-state index in [2.05, 4.69) is 25.7 Å². The van der Waals surface area contributed by atoms with Gasteiger partial charge in [-0.05, 0) is 19.1 Å². The minimum absolute atomic E-state index is 0.161. The first-order valence-electron chi connectivity index (χ1n) is 7.93. The van der Waals surface area contributed by atoms with Crippen molar-refractivity contribution < 1.29 is 9.47 Å². The van der Waals surface area contributed by atoms with Crippen LogP contribution in [0, 0.1) is 0 Å². The molecule has 2 aromatic rings. The van der Waals surface area contributed by atoms with Gasteiger partial charge < -0.3 is 9.47 Å². The number of ether oxygens (including phenoxy) is 2. The van der Waals surface area contributed by atoms with E-state index in [1.807, 2.05) is 45.9 Å². The zero-order valence-corrected chi connectivity index (χ0v) is 15.1. The van der Waals surface area contributed by atoms with Crippen LogP contribution in [0.3, 0.4) is 0 Å². The van der Waals surface area contributed by atoms with Gasteiger partial charge in [-0.2, -0.15) is 5.10 Å². The number of hydrazone groups is 1. The van der Waals surface area contributed by atoms with Gasteiger partial charge in [-0.1, -0.05) is 26.8 Å². The molecule has 0 radical (unpaired) electrons. The van der Waals surface area contributed by atoms with E-state index in [-0.39, 0.29) is 16.9 Å². The molecule has 0 spiro atoms. The molecule has 0 amide bonds. The molecule has 0 saturated carbocycles. The molecule has 0 saturated heterocycles. The van der Waals surface area contributed by atoms with Crippen LogP contribution < -0.4 is 20.5 Å². The molecule has 2 rings (SSSR count). The lowest BCUT2D eigenvalue weighted by atomic mass is 9.93. The Balaban J connectivity index is 2.18. The number of nitrogens with one attached hydrogen (secondary N) is 2. The van der Waals surface area contributed by atoms with Crippen molar-refractivity contribution in [3.05, 3.63) is 39.8 Å². The summed E-state index contributed by atoms with van der Waals surface area (Å²) in [4.78, 5) is 14.7. The van der Waals surface area contributed by atoms with E-state index in [4.69, 9.17) is 9.47 Å². The molecule has 0 bridgehead atoms. The summed E-state index contributed by atoms with van der Waals surface area (Å²) in [5.74, 6) is 1.38. The Labute approximate surface area is 146 Å². The highest BCUT2D eigenvalue weighted by Crippen LogP contribution is 2.29. The van der Waals surface area contributed by atoms with Gasteiger partial charge in [0.1, 0.15) is 5.69 Å². The summed E-state index contributed by atoms with van der Waals surface area (Å²) in [6, 6.07) is 5.50. The van der Waals surface area contributed by atoms with Crippen LogP contribution in [0.15, 0.2) is 28.1 Å². The third kappa shape index (κ3) is 4.56. The highest BCUT2D eigenvalue weighted by Gasteiger charge is 2.20. The van der Waals surface area contributed by atoms with Crippen LogP contribution in [0.1, 0.15) is 39.0 Å². The van der Waals surface area contributed by atoms with Gasteiger partial charge in [-0.15, -0.1) is 10.2 Å². The largest absolute Gasteiger partial charge is 0.492 e. The van der Waals surface area contributed by atoms with E-state index >= 15 is 0 Å². The maximum Gasteiger partial charge on any atom is 0.274 e. The average molecular weight is 345 g/mol. The Morgan fingerprint density at radius 3 is 2.68 bits per heavy atom. The van der Waals surface area contributed by atoms with Crippen molar-refractivity contribution in [3.8, 4) is 11.5 Å². The molecule has 8 heteroatoms. The lowest BCUT2D eigenvalue weighted by molar-refractivity contribution is 0.311. The van der Waals surface area contributed by atoms with Crippen LogP contribution in [0.5, 0.6) is 11.5 Å². The van der Waals surface area contributed by atoms with Gasteiger partial charge >= 0.3 is 0 Å². The highest BCUT2D eigenvalue weighted by atomic mass is 16.5. The first kappa shape index (κ1) is 18.4. The van der Waals surface area contributed by atoms with Crippen molar-refractivity contribution in [1.29, 1.82) is 0 Å². The first-order chi connectivity index (χ1) is 11.9. The minimum Gasteiger partial charge on any atom is -0.492 e. The second-order valence-electron chi connectivity index (χ2n) is 6.28. The van der Waals surface area contributed by atoms with Crippen molar-refractivity contribution in [2.75, 3.05) is 19.1 Å². The van der Waals surface area contributed by atoms with E-state index in [0.717, 1.165) is 5.56 Å². The van der Waals surface area contributed by atoms with E-state index in [9.17, 15) is 4.79 Å². The second-order valence-corrected chi connectivity index (χ2v) is 6.28. The Morgan fingerprint density at radius 2 is 2.08 bits per heavy atom. The van der Waals surface area contributed by atoms with E-state index < -0.39 is 0 Å². The van der Waals surface area contributed by atoms with Gasteiger partial charge in [0.2, 0.25) is 5.95 Å². The molecule has 0 fully saturated rings. The molecular weight excluding hydrogens is 322 g/mol. The molecule has 1 heterocycles. The third-order valence-electron chi connectivity index (χ3n) is 3.29. The number of methoxy groups -OCH3 is 1. The summed E-state index contributed by atoms with van der Waals surface area (Å²) in [5, 5.41) is 12.0. The monoisotopic (exact) mass is 345 g/mol. The highest BCUT2D eigenvalue weighted by molar-refractivity contribution is 5.85. The standard InChI is InChI=1S/C17H23N5O3/c1-6-25-12-9-7-8-11(13(12)24-5)10-18-21-16-19-15(23)14(20-22-16)17(2,3)4/h7-10H,6H2,1-5H3,(H2,19,21,22,23)/b18-10+. The van der Waals surface area contributed by atoms with Gasteiger partial charge in [0.15, 0.2) is 11.5 Å². The summed E-state index contributed by atoms with van der Waals surface area (Å²) in [6.45, 7) is 8.13. The number of H-pyrrole nitrogens is 1. The first-order valence-corrected chi connectivity index (χ1v) is 7.93. The number of nitrogens with zero attached hydrogens (tertiary/aromatic N) is 3. The quantitative estimate of drug-likeness (QED) is 0.615. The normalized spacial score (nSPS) is 11.6. The van der Waals surface area contributed by atoms with Crippen molar-refractivity contribution in [2.45, 2.75) is 33.1 Å². The fraction of sp³-hybridized carbons (Fsp3) is 0.412. The molecule has 1 aromatic heterocycles. The smallest absolute Gasteiger partial charge is 0.274 e. The topological polar surface area (TPSA) is 101 Å². The van der Waals surface area contributed by atoms with Crippen molar-refractivity contribution in [2.24, 2.45) is 5.10 Å². The number of para-hydroxylation sites is 1. The molecule has 1 aromatic carbocycles. The van der Waals surface area contributed by atoms with Gasteiger partial charge in [0, 0.05) is 11.0 Å². The molecule has 8 nitrogen and oxygen atoms in total. The van der Waals surface area contributed by atoms with Crippen LogP contribution >= 0.6 is 0 Å². The minimum atomic E-state index is -0.379. The molecule has 0 unspecified atom stereocenters. The Bertz CT molecular complexity index is 809. The number of hydrogen-bond donors (Lipinski definition) is 2.